The van der Waals surface area contributed by atoms with Crippen LogP contribution >= 0.6 is 11.6 Å². The van der Waals surface area contributed by atoms with Crippen LogP contribution in [0.5, 0.6) is 0 Å². The monoisotopic (exact) mass is 1560 g/mol. The lowest BCUT2D eigenvalue weighted by Crippen LogP contribution is -2.04. The Bertz CT molecular complexity index is 8590. The Balaban J connectivity index is 0.000000118. The highest BCUT2D eigenvalue weighted by atomic mass is 35.5. The summed E-state index contributed by atoms with van der Waals surface area (Å²) in [5.74, 6) is 1.59. The summed E-state index contributed by atoms with van der Waals surface area (Å²) in [7, 11) is 0. The largest absolute Gasteiger partial charge is 0.309 e. The van der Waals surface area contributed by atoms with E-state index in [1.807, 2.05) is 42.5 Å². The quantitative estimate of drug-likeness (QED) is 0.159. The van der Waals surface area contributed by atoms with Gasteiger partial charge in [0.25, 0.3) is 0 Å². The van der Waals surface area contributed by atoms with Crippen LogP contribution in [0.2, 0.25) is 5.02 Å². The van der Waals surface area contributed by atoms with Gasteiger partial charge < -0.3 is 4.57 Å². The molecule has 0 aliphatic heterocycles. The molecule has 26 rings (SSSR count). The maximum Gasteiger partial charge on any atom is 0.165 e. The normalized spacial score (nSPS) is 12.0. The smallest absolute Gasteiger partial charge is 0.165 e. The number of aromatic nitrogens is 7. The zero-order valence-electron chi connectivity index (χ0n) is 65.5. The van der Waals surface area contributed by atoms with Gasteiger partial charge in [0, 0.05) is 54.2 Å². The summed E-state index contributed by atoms with van der Waals surface area (Å²) in [4.78, 5) is 21.7. The van der Waals surface area contributed by atoms with Gasteiger partial charge in [-0.3, -0.25) is 9.13 Å². The number of benzene rings is 20. The summed E-state index contributed by atoms with van der Waals surface area (Å²) in [6.45, 7) is 0. The molecule has 1 aliphatic carbocycles. The van der Waals surface area contributed by atoms with Crippen LogP contribution in [0.15, 0.2) is 413 Å². The number of para-hydroxylation sites is 5. The number of hydrogen-bond acceptors (Lipinski definition) is 4. The summed E-state index contributed by atoms with van der Waals surface area (Å²) < 4.78 is 7.06. The minimum absolute atomic E-state index is 0.705. The Hall–Kier alpha value is -15.7. The van der Waals surface area contributed by atoms with E-state index in [9.17, 15) is 0 Å². The van der Waals surface area contributed by atoms with Crippen LogP contribution in [0, 0.1) is 0 Å². The molecule has 7 nitrogen and oxygen atoms in total. The van der Waals surface area contributed by atoms with Gasteiger partial charge >= 0.3 is 0 Å². The molecule has 5 heterocycles. The first kappa shape index (κ1) is 69.6. The Morgan fingerprint density at radius 1 is 0.207 bits per heavy atom. The molecule has 0 saturated heterocycles. The van der Waals surface area contributed by atoms with Crippen molar-refractivity contribution in [2.45, 2.75) is 6.42 Å². The molecule has 8 heteroatoms. The van der Waals surface area contributed by atoms with Crippen LogP contribution in [-0.4, -0.2) is 33.6 Å². The molecule has 0 atom stereocenters. The van der Waals surface area contributed by atoms with E-state index in [1.54, 1.807) is 0 Å². The maximum absolute atomic E-state index is 6.62. The maximum atomic E-state index is 6.62. The summed E-state index contributed by atoms with van der Waals surface area (Å²) in [5.41, 5.74) is 25.4. The van der Waals surface area contributed by atoms with Crippen LogP contribution in [0.25, 0.3) is 225 Å². The highest BCUT2D eigenvalue weighted by Crippen LogP contribution is 2.48. The lowest BCUT2D eigenvalue weighted by molar-refractivity contribution is 1.08. The van der Waals surface area contributed by atoms with E-state index in [4.69, 9.17) is 31.5 Å². The Morgan fingerprint density at radius 2 is 0.603 bits per heavy atom. The van der Waals surface area contributed by atoms with E-state index >= 15 is 0 Å². The Labute approximate surface area is 700 Å². The molecule has 0 saturated carbocycles. The number of nitrogens with zero attached hydrogens (tertiary/aromatic N) is 7. The second kappa shape index (κ2) is 28.3. The molecule has 564 valence electrons. The first-order valence-corrected chi connectivity index (χ1v) is 41.6. The number of hydrogen-bond donors (Lipinski definition) is 0. The van der Waals surface area contributed by atoms with Gasteiger partial charge in [0.15, 0.2) is 11.6 Å². The lowest BCUT2D eigenvalue weighted by atomic mass is 9.93. The fourth-order valence-electron chi connectivity index (χ4n) is 19.3. The molecule has 0 radical (unpaired) electrons. The molecule has 0 spiro atoms. The van der Waals surface area contributed by atoms with Crippen molar-refractivity contribution in [2.75, 3.05) is 0 Å². The molecular formula is C113H70ClN7. The molecule has 1 aliphatic rings. The molecule has 0 amide bonds. The minimum atomic E-state index is 0.705. The third kappa shape index (κ3) is 11.5. The van der Waals surface area contributed by atoms with E-state index < -0.39 is 0 Å². The SMILES string of the molecule is Clc1ccc2c(c1)c1c3ccccc3ccc1n2-c1nc2ccccc2nc1-c1ccc(-c2ccccc2)c2ccccc12.c1ccc(-c2ccc(-c3nc4ccccc4nc3-n3c4ccc(-n5c6ccccc6c6cc7ccccc7cc65)cc4c4c5ccccc5ccc43)c3ccccc23)cc1.c1ccc2c(c1)Cc1cc3ccccc3cc1-2. The van der Waals surface area contributed by atoms with E-state index in [0.29, 0.717) is 5.02 Å². The van der Waals surface area contributed by atoms with Crippen LogP contribution in [0.3, 0.4) is 0 Å². The molecule has 25 aromatic rings. The van der Waals surface area contributed by atoms with E-state index in [1.165, 1.54) is 126 Å². The van der Waals surface area contributed by atoms with Crippen molar-refractivity contribution in [2.24, 2.45) is 0 Å². The van der Waals surface area contributed by atoms with Crippen molar-refractivity contribution in [3.05, 3.63) is 429 Å². The zero-order valence-corrected chi connectivity index (χ0v) is 66.2. The minimum Gasteiger partial charge on any atom is -0.309 e. The third-order valence-electron chi connectivity index (χ3n) is 24.8. The predicted molar refractivity (Wildman–Crippen MR) is 509 cm³/mol. The van der Waals surface area contributed by atoms with Gasteiger partial charge in [0.05, 0.1) is 55.2 Å². The molecule has 5 aromatic heterocycles. The fourth-order valence-corrected chi connectivity index (χ4v) is 19.5. The predicted octanol–water partition coefficient (Wildman–Crippen LogP) is 30.0. The van der Waals surface area contributed by atoms with Crippen LogP contribution in [0.4, 0.5) is 0 Å². The summed E-state index contributed by atoms with van der Waals surface area (Å²) in [5, 5.41) is 22.4. The van der Waals surface area contributed by atoms with Crippen LogP contribution < -0.4 is 0 Å². The van der Waals surface area contributed by atoms with Crippen molar-refractivity contribution in [3.8, 4) is 73.2 Å². The van der Waals surface area contributed by atoms with E-state index in [2.05, 4.69) is 384 Å². The number of rotatable bonds is 7. The molecule has 20 aromatic carbocycles. The summed E-state index contributed by atoms with van der Waals surface area (Å²) in [6.07, 6.45) is 1.08. The zero-order chi connectivity index (χ0) is 79.8. The highest BCUT2D eigenvalue weighted by Gasteiger charge is 2.27. The molecule has 0 unspecified atom stereocenters. The molecular weight excluding hydrogens is 1490 g/mol. The van der Waals surface area contributed by atoms with Gasteiger partial charge in [-0.25, -0.2) is 19.9 Å². The number of halogens is 1. The second-order valence-electron chi connectivity index (χ2n) is 31.6. The van der Waals surface area contributed by atoms with Crippen molar-refractivity contribution in [1.29, 1.82) is 0 Å². The van der Waals surface area contributed by atoms with E-state index in [-0.39, 0.29) is 0 Å². The van der Waals surface area contributed by atoms with Gasteiger partial charge in [0.2, 0.25) is 0 Å². The third-order valence-corrected chi connectivity index (χ3v) is 25.0. The van der Waals surface area contributed by atoms with Gasteiger partial charge in [-0.1, -0.05) is 327 Å². The fraction of sp³-hybridized carbons (Fsp3) is 0.00885. The van der Waals surface area contributed by atoms with Gasteiger partial charge in [-0.15, -0.1) is 0 Å². The molecule has 0 fully saturated rings. The topological polar surface area (TPSA) is 66.3 Å². The summed E-state index contributed by atoms with van der Waals surface area (Å²) in [6, 6.07) is 147. The lowest BCUT2D eigenvalue weighted by Gasteiger charge is -2.17. The van der Waals surface area contributed by atoms with Crippen molar-refractivity contribution in [1.82, 2.24) is 33.6 Å². The Morgan fingerprint density at radius 3 is 1.16 bits per heavy atom. The first-order chi connectivity index (χ1) is 59.9. The molecule has 121 heavy (non-hydrogen) atoms. The average molecular weight is 1560 g/mol. The van der Waals surface area contributed by atoms with Crippen LogP contribution in [0.1, 0.15) is 11.1 Å². The second-order valence-corrected chi connectivity index (χ2v) is 32.0. The van der Waals surface area contributed by atoms with Gasteiger partial charge in [-0.05, 0) is 213 Å². The first-order valence-electron chi connectivity index (χ1n) is 41.2. The highest BCUT2D eigenvalue weighted by molar-refractivity contribution is 6.33. The van der Waals surface area contributed by atoms with Crippen molar-refractivity contribution < 1.29 is 0 Å². The number of fused-ring (bicyclic) bond motifs is 22. The average Bonchev–Trinajstić information content (AvgIpc) is 1.57. The van der Waals surface area contributed by atoms with Crippen LogP contribution in [-0.2, 0) is 6.42 Å². The van der Waals surface area contributed by atoms with Gasteiger partial charge in [0.1, 0.15) is 11.4 Å². The summed E-state index contributed by atoms with van der Waals surface area (Å²) >= 11 is 6.62. The van der Waals surface area contributed by atoms with Crippen molar-refractivity contribution in [3.63, 3.8) is 0 Å². The van der Waals surface area contributed by atoms with E-state index in [0.717, 1.165) is 117 Å². The molecule has 0 bridgehead atoms. The standard InChI is InChI=1S/C56H34N4.C40H24ClN3.C17H12/c1-2-14-35(15-3-1)40-28-29-45(43-21-9-8-20-42(40)43)55-56(58-49-24-12-11-23-48(49)57-55)60-51-31-27-39(34-47(51)54-41-19-7-6-16-36(41)26-30-52(54)60)59-50-25-13-10-22-44(50)46-32-37-17-4-5-18-38(37)33-53(46)59;41-27-19-23-36-33(24-27)38-29-13-5-4-12-26(29)18-22-37(38)44(36)40-39(42-34-16-8-9-17-35(34)43-40)32-21-20-28(25-10-2-1-3-11-25)30-14-6-7-15-31(30)32;1-2-6-13-11-17-15(9-12(13)5-1)10-14-7-3-4-8-16(14)17/h1-34H;1-24H;1-9,11H,10H2. The Kier molecular flexibility index (Phi) is 16.3. The van der Waals surface area contributed by atoms with Crippen molar-refractivity contribution >= 4 is 164 Å². The molecule has 0 N–H and O–H groups in total. The van der Waals surface area contributed by atoms with Gasteiger partial charge in [-0.2, -0.15) is 0 Å².